The Balaban J connectivity index is 2.36. The van der Waals surface area contributed by atoms with Crippen LogP contribution in [0, 0.1) is 0 Å². The molecule has 1 saturated heterocycles. The Hall–Kier alpha value is -0.120. The molecule has 0 amide bonds. The molecule has 78 valence electrons. The van der Waals surface area contributed by atoms with Crippen molar-refractivity contribution in [1.29, 1.82) is 0 Å². The van der Waals surface area contributed by atoms with Crippen molar-refractivity contribution in [2.75, 3.05) is 13.2 Å². The fourth-order valence-electron chi connectivity index (χ4n) is 1.35. The summed E-state index contributed by atoms with van der Waals surface area (Å²) in [4.78, 5) is 0. The van der Waals surface area contributed by atoms with Crippen molar-refractivity contribution >= 4 is 0 Å². The van der Waals surface area contributed by atoms with E-state index in [4.69, 9.17) is 14.2 Å². The van der Waals surface area contributed by atoms with E-state index in [0.717, 1.165) is 6.42 Å². The first-order valence-corrected chi connectivity index (χ1v) is 4.93. The van der Waals surface area contributed by atoms with E-state index in [0.29, 0.717) is 13.2 Å². The van der Waals surface area contributed by atoms with Crippen LogP contribution in [0.1, 0.15) is 34.1 Å². The highest BCUT2D eigenvalue weighted by Crippen LogP contribution is 2.18. The predicted octanol–water partition coefficient (Wildman–Crippen LogP) is 1.95. The van der Waals surface area contributed by atoms with Gasteiger partial charge in [0.2, 0.25) is 0 Å². The minimum absolute atomic E-state index is 0.182. The van der Waals surface area contributed by atoms with Gasteiger partial charge >= 0.3 is 0 Å². The van der Waals surface area contributed by atoms with Gasteiger partial charge in [0.05, 0.1) is 25.4 Å². The molecule has 1 aliphatic rings. The van der Waals surface area contributed by atoms with Crippen LogP contribution in [-0.4, -0.2) is 31.2 Å². The Morgan fingerprint density at radius 2 is 2.00 bits per heavy atom. The van der Waals surface area contributed by atoms with Crippen molar-refractivity contribution in [2.45, 2.75) is 52.1 Å². The van der Waals surface area contributed by atoms with Crippen LogP contribution in [0.4, 0.5) is 0 Å². The molecule has 0 aromatic carbocycles. The van der Waals surface area contributed by atoms with Crippen molar-refractivity contribution in [3.8, 4) is 0 Å². The third-order valence-corrected chi connectivity index (χ3v) is 1.97. The number of hydrogen-bond donors (Lipinski definition) is 0. The monoisotopic (exact) mass is 188 g/mol. The average molecular weight is 188 g/mol. The average Bonchev–Trinajstić information content (AvgIpc) is 2.12. The molecule has 0 bridgehead atoms. The van der Waals surface area contributed by atoms with Gasteiger partial charge in [-0.3, -0.25) is 0 Å². The molecule has 1 unspecified atom stereocenters. The largest absolute Gasteiger partial charge is 0.373 e. The Morgan fingerprint density at radius 1 is 1.31 bits per heavy atom. The summed E-state index contributed by atoms with van der Waals surface area (Å²) in [6.07, 6.45) is 1.36. The summed E-state index contributed by atoms with van der Waals surface area (Å²) >= 11 is 0. The second kappa shape index (κ2) is 4.40. The molecule has 1 heterocycles. The molecule has 0 N–H and O–H groups in total. The molecule has 3 heteroatoms. The Labute approximate surface area is 80.4 Å². The van der Waals surface area contributed by atoms with Gasteiger partial charge in [-0.25, -0.2) is 0 Å². The maximum Gasteiger partial charge on any atom is 0.162 e. The lowest BCUT2D eigenvalue weighted by Gasteiger charge is -2.23. The Bertz CT molecular complexity index is 154. The van der Waals surface area contributed by atoms with Crippen LogP contribution in [0.3, 0.4) is 0 Å². The van der Waals surface area contributed by atoms with E-state index >= 15 is 0 Å². The summed E-state index contributed by atoms with van der Waals surface area (Å²) in [6, 6.07) is 0. The van der Waals surface area contributed by atoms with Crippen LogP contribution < -0.4 is 0 Å². The highest BCUT2D eigenvalue weighted by molar-refractivity contribution is 4.66. The molecule has 0 aromatic heterocycles. The highest BCUT2D eigenvalue weighted by atomic mass is 16.7. The molecule has 0 aliphatic carbocycles. The van der Waals surface area contributed by atoms with Crippen LogP contribution in [0.25, 0.3) is 0 Å². The van der Waals surface area contributed by atoms with Gasteiger partial charge in [-0.05, 0) is 34.1 Å². The first-order chi connectivity index (χ1) is 5.99. The van der Waals surface area contributed by atoms with E-state index in [2.05, 4.69) is 0 Å². The maximum absolute atomic E-state index is 5.66. The van der Waals surface area contributed by atoms with E-state index in [-0.39, 0.29) is 12.2 Å². The molecule has 1 atom stereocenters. The van der Waals surface area contributed by atoms with Crippen molar-refractivity contribution in [3.63, 3.8) is 0 Å². The van der Waals surface area contributed by atoms with Gasteiger partial charge in [0, 0.05) is 0 Å². The summed E-state index contributed by atoms with van der Waals surface area (Å²) in [5, 5.41) is 0. The lowest BCUT2D eigenvalue weighted by Crippen LogP contribution is -2.29. The SMILES string of the molecule is CC(C)OC1CCOC(C)(C)OC1. The molecular weight excluding hydrogens is 168 g/mol. The van der Waals surface area contributed by atoms with E-state index in [1.807, 2.05) is 27.7 Å². The second-order valence-electron chi connectivity index (χ2n) is 4.15. The first-order valence-electron chi connectivity index (χ1n) is 4.93. The lowest BCUT2D eigenvalue weighted by atomic mass is 10.3. The minimum atomic E-state index is -0.449. The van der Waals surface area contributed by atoms with Gasteiger partial charge in [0.15, 0.2) is 5.79 Å². The van der Waals surface area contributed by atoms with Crippen molar-refractivity contribution < 1.29 is 14.2 Å². The third kappa shape index (κ3) is 4.07. The van der Waals surface area contributed by atoms with Crippen LogP contribution in [0.2, 0.25) is 0 Å². The number of ether oxygens (including phenoxy) is 3. The quantitative estimate of drug-likeness (QED) is 0.663. The van der Waals surface area contributed by atoms with Crippen molar-refractivity contribution in [3.05, 3.63) is 0 Å². The zero-order valence-corrected chi connectivity index (χ0v) is 9.00. The number of hydrogen-bond acceptors (Lipinski definition) is 3. The smallest absolute Gasteiger partial charge is 0.162 e. The third-order valence-electron chi connectivity index (χ3n) is 1.97. The minimum Gasteiger partial charge on any atom is -0.373 e. The molecule has 1 rings (SSSR count). The van der Waals surface area contributed by atoms with E-state index < -0.39 is 5.79 Å². The normalized spacial score (nSPS) is 28.8. The van der Waals surface area contributed by atoms with Crippen LogP contribution in [0.15, 0.2) is 0 Å². The summed E-state index contributed by atoms with van der Waals surface area (Å²) < 4.78 is 16.7. The summed E-state index contributed by atoms with van der Waals surface area (Å²) in [7, 11) is 0. The highest BCUT2D eigenvalue weighted by Gasteiger charge is 2.26. The Kier molecular flexibility index (Phi) is 3.71. The lowest BCUT2D eigenvalue weighted by molar-refractivity contribution is -0.205. The zero-order valence-electron chi connectivity index (χ0n) is 9.00. The molecule has 0 radical (unpaired) electrons. The predicted molar refractivity (Wildman–Crippen MR) is 50.6 cm³/mol. The van der Waals surface area contributed by atoms with Crippen LogP contribution in [0.5, 0.6) is 0 Å². The van der Waals surface area contributed by atoms with Crippen LogP contribution >= 0.6 is 0 Å². The van der Waals surface area contributed by atoms with Gasteiger partial charge < -0.3 is 14.2 Å². The summed E-state index contributed by atoms with van der Waals surface area (Å²) in [5.74, 6) is -0.449. The number of rotatable bonds is 2. The van der Waals surface area contributed by atoms with Gasteiger partial charge in [0.1, 0.15) is 0 Å². The molecule has 1 fully saturated rings. The van der Waals surface area contributed by atoms with Gasteiger partial charge in [-0.1, -0.05) is 0 Å². The molecule has 0 spiro atoms. The molecule has 3 nitrogen and oxygen atoms in total. The van der Waals surface area contributed by atoms with Crippen LogP contribution in [-0.2, 0) is 14.2 Å². The molecule has 0 saturated carbocycles. The van der Waals surface area contributed by atoms with E-state index in [9.17, 15) is 0 Å². The van der Waals surface area contributed by atoms with E-state index in [1.165, 1.54) is 0 Å². The zero-order chi connectivity index (χ0) is 9.90. The van der Waals surface area contributed by atoms with Gasteiger partial charge in [-0.2, -0.15) is 0 Å². The maximum atomic E-state index is 5.66. The molecule has 1 aliphatic heterocycles. The standard InChI is InChI=1S/C10H20O3/c1-8(2)13-9-5-6-11-10(3,4)12-7-9/h8-9H,5-7H2,1-4H3. The topological polar surface area (TPSA) is 27.7 Å². The Morgan fingerprint density at radius 3 is 2.62 bits per heavy atom. The van der Waals surface area contributed by atoms with Gasteiger partial charge in [0.25, 0.3) is 0 Å². The van der Waals surface area contributed by atoms with E-state index in [1.54, 1.807) is 0 Å². The fraction of sp³-hybridized carbons (Fsp3) is 1.00. The van der Waals surface area contributed by atoms with Crippen molar-refractivity contribution in [1.82, 2.24) is 0 Å². The fourth-order valence-corrected chi connectivity index (χ4v) is 1.35. The van der Waals surface area contributed by atoms with Crippen molar-refractivity contribution in [2.24, 2.45) is 0 Å². The first kappa shape index (κ1) is 11.0. The molecule has 13 heavy (non-hydrogen) atoms. The van der Waals surface area contributed by atoms with Gasteiger partial charge in [-0.15, -0.1) is 0 Å². The summed E-state index contributed by atoms with van der Waals surface area (Å²) in [6.45, 7) is 9.29. The summed E-state index contributed by atoms with van der Waals surface area (Å²) in [5.41, 5.74) is 0. The molecular formula is C10H20O3. The second-order valence-corrected chi connectivity index (χ2v) is 4.15. The molecule has 0 aromatic rings.